The number of rotatable bonds is 2. The number of hydrogen-bond acceptors (Lipinski definition) is 2. The molecule has 2 heteroatoms. The van der Waals surface area contributed by atoms with Crippen molar-refractivity contribution in [2.24, 2.45) is 0 Å². The zero-order chi connectivity index (χ0) is 8.27. The van der Waals surface area contributed by atoms with Gasteiger partial charge in [-0.2, -0.15) is 0 Å². The van der Waals surface area contributed by atoms with E-state index in [1.54, 1.807) is 0 Å². The standard InChI is InChI=1S/C9H12O2/c1-3-7-5-6-8(4-2)11-9(7)10/h5-6H,3-4H2,1-2H3. The van der Waals surface area contributed by atoms with Gasteiger partial charge in [0.2, 0.25) is 0 Å². The lowest BCUT2D eigenvalue weighted by Gasteiger charge is -1.95. The van der Waals surface area contributed by atoms with Crippen LogP contribution in [-0.4, -0.2) is 0 Å². The summed E-state index contributed by atoms with van der Waals surface area (Å²) in [5.74, 6) is 0.757. The highest BCUT2D eigenvalue weighted by molar-refractivity contribution is 5.10. The van der Waals surface area contributed by atoms with E-state index in [0.29, 0.717) is 0 Å². The van der Waals surface area contributed by atoms with Gasteiger partial charge in [0.15, 0.2) is 0 Å². The molecule has 0 aromatic carbocycles. The van der Waals surface area contributed by atoms with Crippen LogP contribution in [0.3, 0.4) is 0 Å². The minimum Gasteiger partial charge on any atom is -0.428 e. The maximum atomic E-state index is 11.1. The highest BCUT2D eigenvalue weighted by Crippen LogP contribution is 1.99. The van der Waals surface area contributed by atoms with Crippen LogP contribution in [0.5, 0.6) is 0 Å². The zero-order valence-electron chi connectivity index (χ0n) is 6.89. The molecule has 0 amide bonds. The van der Waals surface area contributed by atoms with Crippen LogP contribution in [-0.2, 0) is 12.8 Å². The van der Waals surface area contributed by atoms with Crippen molar-refractivity contribution < 1.29 is 4.42 Å². The van der Waals surface area contributed by atoms with Crippen molar-refractivity contribution >= 4 is 0 Å². The van der Waals surface area contributed by atoms with Gasteiger partial charge in [-0.25, -0.2) is 4.79 Å². The Morgan fingerprint density at radius 1 is 1.27 bits per heavy atom. The SMILES string of the molecule is CCc1ccc(CC)c(=O)o1. The molecule has 1 rings (SSSR count). The lowest BCUT2D eigenvalue weighted by Crippen LogP contribution is -2.06. The van der Waals surface area contributed by atoms with Crippen molar-refractivity contribution in [3.05, 3.63) is 33.9 Å². The number of hydrogen-bond donors (Lipinski definition) is 0. The largest absolute Gasteiger partial charge is 0.428 e. The molecular formula is C9H12O2. The summed E-state index contributed by atoms with van der Waals surface area (Å²) >= 11 is 0. The van der Waals surface area contributed by atoms with Gasteiger partial charge < -0.3 is 4.42 Å². The molecular weight excluding hydrogens is 140 g/mol. The summed E-state index contributed by atoms with van der Waals surface area (Å²) in [6.07, 6.45) is 1.52. The van der Waals surface area contributed by atoms with E-state index in [1.165, 1.54) is 0 Å². The minimum atomic E-state index is -0.188. The van der Waals surface area contributed by atoms with Crippen LogP contribution >= 0.6 is 0 Å². The first-order valence-electron chi connectivity index (χ1n) is 3.89. The lowest BCUT2D eigenvalue weighted by molar-refractivity contribution is 0.458. The fraction of sp³-hybridized carbons (Fsp3) is 0.444. The van der Waals surface area contributed by atoms with Crippen molar-refractivity contribution in [2.75, 3.05) is 0 Å². The molecule has 0 aliphatic carbocycles. The molecule has 0 spiro atoms. The van der Waals surface area contributed by atoms with Gasteiger partial charge in [0.05, 0.1) is 0 Å². The first kappa shape index (κ1) is 8.05. The van der Waals surface area contributed by atoms with Crippen LogP contribution in [0.15, 0.2) is 21.3 Å². The Labute approximate surface area is 65.9 Å². The third kappa shape index (κ3) is 1.70. The summed E-state index contributed by atoms with van der Waals surface area (Å²) in [4.78, 5) is 11.1. The normalized spacial score (nSPS) is 10.0. The van der Waals surface area contributed by atoms with Gasteiger partial charge in [0, 0.05) is 12.0 Å². The first-order valence-corrected chi connectivity index (χ1v) is 3.89. The molecule has 0 atom stereocenters. The quantitative estimate of drug-likeness (QED) is 0.646. The molecule has 60 valence electrons. The van der Waals surface area contributed by atoms with E-state index < -0.39 is 0 Å². The molecule has 1 aromatic heterocycles. The third-order valence-electron chi connectivity index (χ3n) is 1.69. The molecule has 0 fully saturated rings. The Kier molecular flexibility index (Phi) is 2.47. The zero-order valence-corrected chi connectivity index (χ0v) is 6.89. The minimum absolute atomic E-state index is 0.188. The second-order valence-corrected chi connectivity index (χ2v) is 2.42. The average Bonchev–Trinajstić information content (AvgIpc) is 2.04. The molecule has 1 heterocycles. The number of aryl methyl sites for hydroxylation is 2. The van der Waals surface area contributed by atoms with Gasteiger partial charge in [-0.15, -0.1) is 0 Å². The molecule has 11 heavy (non-hydrogen) atoms. The summed E-state index contributed by atoms with van der Waals surface area (Å²) in [7, 11) is 0. The highest BCUT2D eigenvalue weighted by atomic mass is 16.4. The maximum Gasteiger partial charge on any atom is 0.339 e. The second kappa shape index (κ2) is 3.37. The third-order valence-corrected chi connectivity index (χ3v) is 1.69. The van der Waals surface area contributed by atoms with E-state index in [9.17, 15) is 4.79 Å². The predicted molar refractivity (Wildman–Crippen MR) is 43.7 cm³/mol. The van der Waals surface area contributed by atoms with Gasteiger partial charge >= 0.3 is 5.63 Å². The molecule has 0 N–H and O–H groups in total. The van der Waals surface area contributed by atoms with E-state index in [2.05, 4.69) is 0 Å². The maximum absolute atomic E-state index is 11.1. The van der Waals surface area contributed by atoms with E-state index in [1.807, 2.05) is 26.0 Å². The van der Waals surface area contributed by atoms with Crippen LogP contribution in [0.2, 0.25) is 0 Å². The summed E-state index contributed by atoms with van der Waals surface area (Å²) in [5, 5.41) is 0. The van der Waals surface area contributed by atoms with Crippen molar-refractivity contribution in [1.29, 1.82) is 0 Å². The summed E-state index contributed by atoms with van der Waals surface area (Å²) in [6.45, 7) is 3.90. The van der Waals surface area contributed by atoms with Gasteiger partial charge in [0.1, 0.15) is 5.76 Å². The van der Waals surface area contributed by atoms with E-state index >= 15 is 0 Å². The predicted octanol–water partition coefficient (Wildman–Crippen LogP) is 1.76. The molecule has 1 aromatic rings. The lowest BCUT2D eigenvalue weighted by atomic mass is 10.2. The van der Waals surface area contributed by atoms with E-state index in [4.69, 9.17) is 4.42 Å². The monoisotopic (exact) mass is 152 g/mol. The van der Waals surface area contributed by atoms with Gasteiger partial charge in [-0.1, -0.05) is 13.8 Å². The molecule has 0 bridgehead atoms. The van der Waals surface area contributed by atoms with Gasteiger partial charge in [-0.3, -0.25) is 0 Å². The van der Waals surface area contributed by atoms with Crippen LogP contribution < -0.4 is 5.63 Å². The summed E-state index contributed by atoms with van der Waals surface area (Å²) in [5.41, 5.74) is 0.564. The molecule has 0 aliphatic rings. The molecule has 2 nitrogen and oxygen atoms in total. The van der Waals surface area contributed by atoms with Crippen LogP contribution in [0, 0.1) is 0 Å². The Balaban J connectivity index is 3.10. The highest BCUT2D eigenvalue weighted by Gasteiger charge is 1.98. The summed E-state index contributed by atoms with van der Waals surface area (Å²) in [6, 6.07) is 3.70. The molecule has 0 radical (unpaired) electrons. The second-order valence-electron chi connectivity index (χ2n) is 2.42. The van der Waals surface area contributed by atoms with Gasteiger partial charge in [0.25, 0.3) is 0 Å². The molecule has 0 saturated heterocycles. The van der Waals surface area contributed by atoms with E-state index in [0.717, 1.165) is 24.2 Å². The van der Waals surface area contributed by atoms with Gasteiger partial charge in [-0.05, 0) is 18.6 Å². The fourth-order valence-electron chi connectivity index (χ4n) is 0.932. The Morgan fingerprint density at radius 2 is 2.00 bits per heavy atom. The first-order chi connectivity index (χ1) is 5.27. The van der Waals surface area contributed by atoms with Crippen molar-refractivity contribution in [3.8, 4) is 0 Å². The Bertz CT molecular complexity index is 286. The van der Waals surface area contributed by atoms with Crippen LogP contribution in [0.4, 0.5) is 0 Å². The average molecular weight is 152 g/mol. The van der Waals surface area contributed by atoms with Crippen molar-refractivity contribution in [1.82, 2.24) is 0 Å². The topological polar surface area (TPSA) is 30.2 Å². The van der Waals surface area contributed by atoms with Crippen LogP contribution in [0.1, 0.15) is 25.2 Å². The summed E-state index contributed by atoms with van der Waals surface area (Å²) < 4.78 is 4.99. The van der Waals surface area contributed by atoms with Crippen molar-refractivity contribution in [3.63, 3.8) is 0 Å². The Hall–Kier alpha value is -1.05. The van der Waals surface area contributed by atoms with E-state index in [-0.39, 0.29) is 5.63 Å². The smallest absolute Gasteiger partial charge is 0.339 e. The fourth-order valence-corrected chi connectivity index (χ4v) is 0.932. The molecule has 0 unspecified atom stereocenters. The van der Waals surface area contributed by atoms with Crippen LogP contribution in [0.25, 0.3) is 0 Å². The van der Waals surface area contributed by atoms with Crippen molar-refractivity contribution in [2.45, 2.75) is 26.7 Å². The molecule has 0 saturated carbocycles. The molecule has 0 aliphatic heterocycles. The Morgan fingerprint density at radius 3 is 2.45 bits per heavy atom.